The number of piperazine rings is 1. The number of hydrogen-bond acceptors (Lipinski definition) is 7. The van der Waals surface area contributed by atoms with Gasteiger partial charge < -0.3 is 9.80 Å². The van der Waals surface area contributed by atoms with Gasteiger partial charge in [-0.15, -0.1) is 10.2 Å². The summed E-state index contributed by atoms with van der Waals surface area (Å²) < 4.78 is 1.70. The molecule has 0 aliphatic carbocycles. The second-order valence-electron chi connectivity index (χ2n) is 5.64. The largest absolute Gasteiger partial charge is 0.352 e. The van der Waals surface area contributed by atoms with E-state index < -0.39 is 0 Å². The number of aryl methyl sites for hydroxylation is 1. The Morgan fingerprint density at radius 3 is 2.21 bits per heavy atom. The van der Waals surface area contributed by atoms with E-state index in [0.717, 1.165) is 49.3 Å². The van der Waals surface area contributed by atoms with Gasteiger partial charge in [0.05, 0.1) is 5.69 Å². The van der Waals surface area contributed by atoms with Crippen LogP contribution in [0.25, 0.3) is 5.82 Å². The van der Waals surface area contributed by atoms with Crippen molar-refractivity contribution in [1.82, 2.24) is 29.9 Å². The molecular formula is C16H18N8. The maximum absolute atomic E-state index is 4.45. The molecule has 0 amide bonds. The van der Waals surface area contributed by atoms with E-state index in [1.165, 1.54) is 0 Å². The maximum Gasteiger partial charge on any atom is 0.175 e. The highest BCUT2D eigenvalue weighted by Gasteiger charge is 2.20. The lowest BCUT2D eigenvalue weighted by atomic mass is 10.3. The van der Waals surface area contributed by atoms with Crippen LogP contribution in [0.5, 0.6) is 0 Å². The quantitative estimate of drug-likeness (QED) is 0.714. The van der Waals surface area contributed by atoms with Crippen LogP contribution in [0.3, 0.4) is 0 Å². The van der Waals surface area contributed by atoms with Crippen molar-refractivity contribution in [1.29, 1.82) is 0 Å². The number of rotatable bonds is 3. The SMILES string of the molecule is Cc1nccnc1N1CCN(c2ccc(-n3cccn3)nn2)CC1. The third-order valence-electron chi connectivity index (χ3n) is 4.13. The van der Waals surface area contributed by atoms with Gasteiger partial charge in [0.1, 0.15) is 5.82 Å². The molecule has 0 N–H and O–H groups in total. The van der Waals surface area contributed by atoms with Gasteiger partial charge in [-0.25, -0.2) is 9.67 Å². The molecule has 1 aliphatic rings. The Bertz CT molecular complexity index is 791. The molecule has 1 saturated heterocycles. The summed E-state index contributed by atoms with van der Waals surface area (Å²) >= 11 is 0. The van der Waals surface area contributed by atoms with Crippen molar-refractivity contribution < 1.29 is 0 Å². The predicted octanol–water partition coefficient (Wildman–Crippen LogP) is 1.09. The second kappa shape index (κ2) is 6.23. The van der Waals surface area contributed by atoms with E-state index in [2.05, 4.69) is 35.1 Å². The molecule has 24 heavy (non-hydrogen) atoms. The van der Waals surface area contributed by atoms with Crippen LogP contribution in [0.4, 0.5) is 11.6 Å². The van der Waals surface area contributed by atoms with Crippen LogP contribution in [0.15, 0.2) is 43.0 Å². The molecule has 0 saturated carbocycles. The van der Waals surface area contributed by atoms with Gasteiger partial charge in [0, 0.05) is 51.0 Å². The third-order valence-corrected chi connectivity index (χ3v) is 4.13. The Hall–Kier alpha value is -3.03. The van der Waals surface area contributed by atoms with Gasteiger partial charge in [-0.1, -0.05) is 0 Å². The number of anilines is 2. The molecule has 1 fully saturated rings. The zero-order valence-corrected chi connectivity index (χ0v) is 13.4. The zero-order valence-electron chi connectivity index (χ0n) is 13.4. The fraction of sp³-hybridized carbons (Fsp3) is 0.312. The molecule has 0 radical (unpaired) electrons. The van der Waals surface area contributed by atoms with Crippen molar-refractivity contribution in [3.8, 4) is 5.82 Å². The van der Waals surface area contributed by atoms with E-state index >= 15 is 0 Å². The molecule has 3 aromatic heterocycles. The fourth-order valence-corrected chi connectivity index (χ4v) is 2.87. The summed E-state index contributed by atoms with van der Waals surface area (Å²) in [6.45, 7) is 5.54. The molecule has 3 aromatic rings. The normalized spacial score (nSPS) is 14.9. The van der Waals surface area contributed by atoms with E-state index in [1.54, 1.807) is 23.3 Å². The lowest BCUT2D eigenvalue weighted by Crippen LogP contribution is -2.47. The average Bonchev–Trinajstić information content (AvgIpc) is 3.17. The molecule has 8 heteroatoms. The van der Waals surface area contributed by atoms with Gasteiger partial charge in [-0.05, 0) is 25.1 Å². The van der Waals surface area contributed by atoms with Crippen LogP contribution in [0, 0.1) is 6.92 Å². The molecule has 4 heterocycles. The first-order valence-electron chi connectivity index (χ1n) is 7.92. The monoisotopic (exact) mass is 322 g/mol. The Labute approximate surface area is 139 Å². The van der Waals surface area contributed by atoms with Gasteiger partial charge in [0.25, 0.3) is 0 Å². The summed E-state index contributed by atoms with van der Waals surface area (Å²) in [5.74, 6) is 2.58. The Kier molecular flexibility index (Phi) is 3.78. The fourth-order valence-electron chi connectivity index (χ4n) is 2.87. The van der Waals surface area contributed by atoms with Crippen LogP contribution >= 0.6 is 0 Å². The summed E-state index contributed by atoms with van der Waals surface area (Å²) in [7, 11) is 0. The minimum absolute atomic E-state index is 0.720. The minimum Gasteiger partial charge on any atom is -0.352 e. The summed E-state index contributed by atoms with van der Waals surface area (Å²) in [5, 5.41) is 12.8. The van der Waals surface area contributed by atoms with E-state index in [0.29, 0.717) is 0 Å². The third kappa shape index (κ3) is 2.78. The van der Waals surface area contributed by atoms with E-state index in [4.69, 9.17) is 0 Å². The topological polar surface area (TPSA) is 75.9 Å². The molecule has 0 spiro atoms. The van der Waals surface area contributed by atoms with Crippen LogP contribution in [0.2, 0.25) is 0 Å². The van der Waals surface area contributed by atoms with Gasteiger partial charge >= 0.3 is 0 Å². The predicted molar refractivity (Wildman–Crippen MR) is 90.3 cm³/mol. The molecule has 0 atom stereocenters. The summed E-state index contributed by atoms with van der Waals surface area (Å²) in [5.41, 5.74) is 0.967. The molecule has 0 aromatic carbocycles. The van der Waals surface area contributed by atoms with Crippen LogP contribution in [-0.4, -0.2) is 56.1 Å². The molecule has 8 nitrogen and oxygen atoms in total. The Morgan fingerprint density at radius 1 is 0.833 bits per heavy atom. The second-order valence-corrected chi connectivity index (χ2v) is 5.64. The molecule has 0 bridgehead atoms. The van der Waals surface area contributed by atoms with Crippen molar-refractivity contribution in [3.63, 3.8) is 0 Å². The van der Waals surface area contributed by atoms with Crippen LogP contribution < -0.4 is 9.80 Å². The summed E-state index contributed by atoms with van der Waals surface area (Å²) in [6, 6.07) is 5.80. The molecule has 1 aliphatic heterocycles. The molecular weight excluding hydrogens is 304 g/mol. The zero-order chi connectivity index (χ0) is 16.4. The number of aromatic nitrogens is 6. The number of nitrogens with zero attached hydrogens (tertiary/aromatic N) is 8. The maximum atomic E-state index is 4.45. The van der Waals surface area contributed by atoms with Gasteiger partial charge in [0.2, 0.25) is 0 Å². The van der Waals surface area contributed by atoms with Crippen molar-refractivity contribution in [2.75, 3.05) is 36.0 Å². The highest BCUT2D eigenvalue weighted by molar-refractivity contribution is 5.47. The van der Waals surface area contributed by atoms with E-state index in [1.807, 2.05) is 31.3 Å². The van der Waals surface area contributed by atoms with Crippen LogP contribution in [0.1, 0.15) is 5.69 Å². The summed E-state index contributed by atoms with van der Waals surface area (Å²) in [6.07, 6.45) is 7.05. The van der Waals surface area contributed by atoms with Crippen molar-refractivity contribution in [2.45, 2.75) is 6.92 Å². The molecule has 4 rings (SSSR count). The first kappa shape index (κ1) is 14.6. The van der Waals surface area contributed by atoms with E-state index in [9.17, 15) is 0 Å². The summed E-state index contributed by atoms with van der Waals surface area (Å²) in [4.78, 5) is 13.3. The molecule has 122 valence electrons. The average molecular weight is 322 g/mol. The minimum atomic E-state index is 0.720. The highest BCUT2D eigenvalue weighted by atomic mass is 15.4. The Morgan fingerprint density at radius 2 is 1.54 bits per heavy atom. The first-order chi connectivity index (χ1) is 11.8. The molecule has 0 unspecified atom stereocenters. The van der Waals surface area contributed by atoms with Crippen molar-refractivity contribution in [2.24, 2.45) is 0 Å². The lowest BCUT2D eigenvalue weighted by molar-refractivity contribution is 0.634. The number of hydrogen-bond donors (Lipinski definition) is 0. The van der Waals surface area contributed by atoms with Crippen molar-refractivity contribution in [3.05, 3.63) is 48.7 Å². The van der Waals surface area contributed by atoms with E-state index in [-0.39, 0.29) is 0 Å². The van der Waals surface area contributed by atoms with Gasteiger partial charge in [-0.3, -0.25) is 4.98 Å². The lowest BCUT2D eigenvalue weighted by Gasteiger charge is -2.36. The first-order valence-corrected chi connectivity index (χ1v) is 7.92. The highest BCUT2D eigenvalue weighted by Crippen LogP contribution is 2.19. The standard InChI is InChI=1S/C16H18N8/c1-13-16(18-7-6-17-13)23-11-9-22(10-12-23)14-3-4-15(21-20-14)24-8-2-5-19-24/h2-8H,9-12H2,1H3. The Balaban J connectivity index is 1.43. The van der Waals surface area contributed by atoms with Gasteiger partial charge in [0.15, 0.2) is 11.6 Å². The van der Waals surface area contributed by atoms with Crippen molar-refractivity contribution >= 4 is 11.6 Å². The van der Waals surface area contributed by atoms with Gasteiger partial charge in [-0.2, -0.15) is 5.10 Å². The smallest absolute Gasteiger partial charge is 0.175 e. The van der Waals surface area contributed by atoms with Crippen LogP contribution in [-0.2, 0) is 0 Å².